The Bertz CT molecular complexity index is 1480. The first-order valence-electron chi connectivity index (χ1n) is 10.1. The molecular weight excluding hydrogens is 512 g/mol. The van der Waals surface area contributed by atoms with Gasteiger partial charge in [0.25, 0.3) is 5.69 Å². The highest BCUT2D eigenvalue weighted by atomic mass is 35.5. The van der Waals surface area contributed by atoms with Gasteiger partial charge < -0.3 is 19.0 Å². The largest absolute Gasteiger partial charge is 0.496 e. The number of furan rings is 1. The third kappa shape index (κ3) is 5.34. The van der Waals surface area contributed by atoms with Crippen LogP contribution < -0.4 is 9.47 Å². The number of carboxylic acid groups (broad SMARTS) is 1. The molecule has 36 heavy (non-hydrogen) atoms. The number of aromatic nitrogens is 3. The molecule has 11 nitrogen and oxygen atoms in total. The van der Waals surface area contributed by atoms with Crippen molar-refractivity contribution in [2.45, 2.75) is 5.16 Å². The van der Waals surface area contributed by atoms with Crippen LogP contribution in [0.4, 0.5) is 5.69 Å². The van der Waals surface area contributed by atoms with Gasteiger partial charge in [0.15, 0.2) is 5.82 Å². The molecule has 4 rings (SSSR count). The second kappa shape index (κ2) is 10.5. The van der Waals surface area contributed by atoms with E-state index in [-0.39, 0.29) is 27.3 Å². The number of methoxy groups -OCH3 is 2. The van der Waals surface area contributed by atoms with Gasteiger partial charge in [-0.05, 0) is 48.2 Å². The van der Waals surface area contributed by atoms with Crippen molar-refractivity contribution in [3.8, 4) is 34.2 Å². The Kier molecular flexibility index (Phi) is 7.27. The smallest absolute Gasteiger partial charge is 0.342 e. The minimum Gasteiger partial charge on any atom is -0.496 e. The molecule has 0 aliphatic heterocycles. The van der Waals surface area contributed by atoms with Crippen LogP contribution in [-0.2, 0) is 4.79 Å². The highest BCUT2D eigenvalue weighted by Crippen LogP contribution is 2.36. The van der Waals surface area contributed by atoms with E-state index in [2.05, 4.69) is 15.2 Å². The van der Waals surface area contributed by atoms with Crippen molar-refractivity contribution in [3.63, 3.8) is 0 Å². The summed E-state index contributed by atoms with van der Waals surface area (Å²) < 4.78 is 16.3. The normalized spacial score (nSPS) is 11.4. The van der Waals surface area contributed by atoms with E-state index in [9.17, 15) is 20.0 Å². The van der Waals surface area contributed by atoms with E-state index in [0.29, 0.717) is 33.5 Å². The number of ether oxygens (including phenoxy) is 2. The summed E-state index contributed by atoms with van der Waals surface area (Å²) in [7, 11) is 2.89. The van der Waals surface area contributed by atoms with Gasteiger partial charge in [-0.3, -0.25) is 15.2 Å². The molecule has 184 valence electrons. The van der Waals surface area contributed by atoms with Gasteiger partial charge in [0.1, 0.15) is 27.9 Å². The van der Waals surface area contributed by atoms with Crippen molar-refractivity contribution in [2.75, 3.05) is 14.2 Å². The Morgan fingerprint density at radius 3 is 2.61 bits per heavy atom. The predicted molar refractivity (Wildman–Crippen MR) is 132 cm³/mol. The molecule has 0 atom stereocenters. The number of nitrogens with one attached hydrogen (secondary N) is 1. The fourth-order valence-corrected chi connectivity index (χ4v) is 4.07. The van der Waals surface area contributed by atoms with E-state index in [0.717, 1.165) is 11.8 Å². The van der Waals surface area contributed by atoms with Crippen LogP contribution in [0.3, 0.4) is 0 Å². The molecular formula is C23H17ClN4O7S. The summed E-state index contributed by atoms with van der Waals surface area (Å²) in [6.07, 6.45) is 1.32. The van der Waals surface area contributed by atoms with E-state index in [4.69, 9.17) is 25.5 Å². The summed E-state index contributed by atoms with van der Waals surface area (Å²) >= 11 is 6.89. The number of benzene rings is 2. The molecule has 0 aliphatic rings. The average Bonchev–Trinajstić information content (AvgIpc) is 3.53. The number of aliphatic carboxylic acids is 1. The van der Waals surface area contributed by atoms with Crippen LogP contribution in [0.25, 0.3) is 28.8 Å². The molecule has 0 spiro atoms. The van der Waals surface area contributed by atoms with E-state index >= 15 is 0 Å². The second-order valence-electron chi connectivity index (χ2n) is 7.07. The molecule has 2 N–H and O–H groups in total. The third-order valence-electron chi connectivity index (χ3n) is 4.86. The average molecular weight is 529 g/mol. The van der Waals surface area contributed by atoms with Gasteiger partial charge in [-0.25, -0.2) is 9.78 Å². The van der Waals surface area contributed by atoms with Crippen molar-refractivity contribution in [1.29, 1.82) is 0 Å². The molecule has 0 amide bonds. The molecule has 0 radical (unpaired) electrons. The first kappa shape index (κ1) is 24.8. The monoisotopic (exact) mass is 528 g/mol. The Labute approximate surface area is 212 Å². The number of non-ortho nitro benzene ring substituents is 1. The lowest BCUT2D eigenvalue weighted by atomic mass is 10.1. The lowest BCUT2D eigenvalue weighted by molar-refractivity contribution is -0.384. The van der Waals surface area contributed by atoms with Gasteiger partial charge in [0.2, 0.25) is 5.16 Å². The van der Waals surface area contributed by atoms with Crippen molar-refractivity contribution < 1.29 is 28.7 Å². The number of aromatic amines is 1. The molecule has 0 bridgehead atoms. The Balaban J connectivity index is 1.60. The fourth-order valence-electron chi connectivity index (χ4n) is 3.21. The SMILES string of the molecule is COc1ccc(Cl)cc1-c1nc(S/C(=C\c2ccc(-c3ccc([N+](=O)[O-])cc3OC)o2)C(=O)O)n[nH]1. The number of nitro benzene ring substituents is 1. The summed E-state index contributed by atoms with van der Waals surface area (Å²) in [5, 5.41) is 28.2. The molecule has 2 aromatic heterocycles. The minimum absolute atomic E-state index is 0.102. The van der Waals surface area contributed by atoms with Gasteiger partial charge in [0.05, 0.1) is 36.3 Å². The van der Waals surface area contributed by atoms with E-state index < -0.39 is 10.9 Å². The Morgan fingerprint density at radius 1 is 1.14 bits per heavy atom. The van der Waals surface area contributed by atoms with Crippen molar-refractivity contribution >= 4 is 41.1 Å². The number of hydrogen-bond donors (Lipinski definition) is 2. The fraction of sp³-hybridized carbons (Fsp3) is 0.0870. The van der Waals surface area contributed by atoms with Crippen LogP contribution in [-0.4, -0.2) is 45.4 Å². The van der Waals surface area contributed by atoms with E-state index in [1.165, 1.54) is 38.5 Å². The maximum Gasteiger partial charge on any atom is 0.342 e. The molecule has 0 saturated carbocycles. The summed E-state index contributed by atoms with van der Waals surface area (Å²) in [5.74, 6) is 0.487. The molecule has 0 aliphatic carbocycles. The summed E-state index contributed by atoms with van der Waals surface area (Å²) in [4.78, 5) is 26.6. The molecule has 0 fully saturated rings. The zero-order chi connectivity index (χ0) is 25.8. The predicted octanol–water partition coefficient (Wildman–Crippen LogP) is 5.53. The van der Waals surface area contributed by atoms with Crippen LogP contribution >= 0.6 is 23.4 Å². The van der Waals surface area contributed by atoms with Crippen molar-refractivity contribution in [1.82, 2.24) is 15.2 Å². The summed E-state index contributed by atoms with van der Waals surface area (Å²) in [6.45, 7) is 0. The number of rotatable bonds is 9. The minimum atomic E-state index is -1.21. The summed E-state index contributed by atoms with van der Waals surface area (Å²) in [6, 6.07) is 12.3. The van der Waals surface area contributed by atoms with Crippen LogP contribution in [0.5, 0.6) is 11.5 Å². The first-order valence-corrected chi connectivity index (χ1v) is 11.3. The van der Waals surface area contributed by atoms with Crippen LogP contribution in [0.15, 0.2) is 63.0 Å². The van der Waals surface area contributed by atoms with Gasteiger partial charge in [-0.1, -0.05) is 11.6 Å². The van der Waals surface area contributed by atoms with E-state index in [1.807, 2.05) is 0 Å². The maximum absolute atomic E-state index is 11.9. The highest BCUT2D eigenvalue weighted by Gasteiger charge is 2.19. The number of halogens is 1. The molecule has 13 heteroatoms. The molecule has 0 unspecified atom stereocenters. The van der Waals surface area contributed by atoms with Crippen LogP contribution in [0, 0.1) is 10.1 Å². The highest BCUT2D eigenvalue weighted by molar-refractivity contribution is 8.04. The lowest BCUT2D eigenvalue weighted by Gasteiger charge is -2.05. The standard InChI is InChI=1S/C23H17ClN4O7S/c1-33-17-7-3-12(24)9-16(17)21-25-23(27-26-21)36-20(22(29)30)11-14-5-8-18(35-14)15-6-4-13(28(31)32)10-19(15)34-2/h3-11H,1-2H3,(H,29,30)(H,25,26,27)/b20-11-. The number of thioether (sulfide) groups is 1. The first-order chi connectivity index (χ1) is 17.3. The van der Waals surface area contributed by atoms with Crippen LogP contribution in [0.2, 0.25) is 5.02 Å². The number of carbonyl (C=O) groups is 1. The molecule has 2 heterocycles. The molecule has 2 aromatic carbocycles. The number of H-pyrrole nitrogens is 1. The zero-order valence-electron chi connectivity index (χ0n) is 18.7. The van der Waals surface area contributed by atoms with Gasteiger partial charge >= 0.3 is 5.97 Å². The van der Waals surface area contributed by atoms with Gasteiger partial charge in [-0.15, -0.1) is 5.10 Å². The van der Waals surface area contributed by atoms with Gasteiger partial charge in [0, 0.05) is 17.2 Å². The zero-order valence-corrected chi connectivity index (χ0v) is 20.3. The van der Waals surface area contributed by atoms with Gasteiger partial charge in [-0.2, -0.15) is 0 Å². The maximum atomic E-state index is 11.9. The van der Waals surface area contributed by atoms with Crippen LogP contribution in [0.1, 0.15) is 5.76 Å². The number of nitro groups is 1. The van der Waals surface area contributed by atoms with Crippen molar-refractivity contribution in [2.24, 2.45) is 0 Å². The van der Waals surface area contributed by atoms with Crippen molar-refractivity contribution in [3.05, 3.63) is 74.3 Å². The molecule has 4 aromatic rings. The molecule has 0 saturated heterocycles. The third-order valence-corrected chi connectivity index (χ3v) is 5.97. The Morgan fingerprint density at radius 2 is 1.92 bits per heavy atom. The quantitative estimate of drug-likeness (QED) is 0.123. The number of nitrogens with zero attached hydrogens (tertiary/aromatic N) is 3. The lowest BCUT2D eigenvalue weighted by Crippen LogP contribution is -1.97. The topological polar surface area (TPSA) is 154 Å². The number of carboxylic acids is 1. The second-order valence-corrected chi connectivity index (χ2v) is 8.52. The number of hydrogen-bond acceptors (Lipinski definition) is 9. The summed E-state index contributed by atoms with van der Waals surface area (Å²) in [5.41, 5.74) is 0.910. The van der Waals surface area contributed by atoms with E-state index in [1.54, 1.807) is 30.3 Å². The Hall–Kier alpha value is -4.29.